The Hall–Kier alpha value is -5.86. The molecule has 214 valence electrons. The van der Waals surface area contributed by atoms with E-state index in [1.165, 1.54) is 33.4 Å². The highest BCUT2D eigenvalue weighted by molar-refractivity contribution is 6.06. The number of rotatable bonds is 6. The highest BCUT2D eigenvalue weighted by Crippen LogP contribution is 2.40. The number of benzene rings is 6. The fourth-order valence-electron chi connectivity index (χ4n) is 6.19. The Bertz CT molecular complexity index is 2200. The number of fused-ring (bicyclic) bond motifs is 3. The minimum absolute atomic E-state index is 0.894. The molecule has 2 heteroatoms. The second-order valence-corrected chi connectivity index (χ2v) is 11.3. The number of furan rings is 1. The molecule has 0 radical (unpaired) electrons. The van der Waals surface area contributed by atoms with Crippen molar-refractivity contribution in [1.82, 2.24) is 0 Å². The molecule has 0 N–H and O–H groups in total. The molecule has 0 saturated heterocycles. The highest BCUT2D eigenvalue weighted by atomic mass is 16.3. The standard InChI is InChI=1S/C43H31NO/c1-2-5-11-32(10-4-1)35-20-24-37(25-21-35)44(39-28-29-43-41(30-39)40-14-8-9-15-42(40)45-43)38-26-22-36(23-27-38)34-18-16-33(17-19-34)31-12-6-3-7-13-31/h1-4,6-30H,5H2. The van der Waals surface area contributed by atoms with Crippen molar-refractivity contribution in [3.05, 3.63) is 182 Å². The molecule has 45 heavy (non-hydrogen) atoms. The number of para-hydroxylation sites is 1. The predicted octanol–water partition coefficient (Wildman–Crippen LogP) is 12.3. The fraction of sp³-hybridized carbons (Fsp3) is 0.0233. The average molecular weight is 578 g/mol. The Morgan fingerprint density at radius 3 is 1.71 bits per heavy atom. The van der Waals surface area contributed by atoms with E-state index in [4.69, 9.17) is 4.42 Å². The van der Waals surface area contributed by atoms with Gasteiger partial charge >= 0.3 is 0 Å². The minimum Gasteiger partial charge on any atom is -0.456 e. The van der Waals surface area contributed by atoms with E-state index < -0.39 is 0 Å². The molecule has 0 fully saturated rings. The van der Waals surface area contributed by atoms with Crippen molar-refractivity contribution in [2.24, 2.45) is 0 Å². The molecule has 6 aromatic carbocycles. The van der Waals surface area contributed by atoms with E-state index in [0.29, 0.717) is 0 Å². The van der Waals surface area contributed by atoms with Gasteiger partial charge in [0.2, 0.25) is 0 Å². The number of hydrogen-bond acceptors (Lipinski definition) is 2. The predicted molar refractivity (Wildman–Crippen MR) is 190 cm³/mol. The molecule has 1 aromatic heterocycles. The molecule has 0 amide bonds. The monoisotopic (exact) mass is 577 g/mol. The van der Waals surface area contributed by atoms with Gasteiger partial charge in [0.15, 0.2) is 0 Å². The molecular weight excluding hydrogens is 546 g/mol. The maximum absolute atomic E-state index is 6.16. The van der Waals surface area contributed by atoms with Gasteiger partial charge < -0.3 is 9.32 Å². The molecule has 2 nitrogen and oxygen atoms in total. The van der Waals surface area contributed by atoms with Crippen LogP contribution >= 0.6 is 0 Å². The summed E-state index contributed by atoms with van der Waals surface area (Å²) in [6.45, 7) is 0. The first kappa shape index (κ1) is 26.7. The van der Waals surface area contributed by atoms with Gasteiger partial charge in [-0.3, -0.25) is 0 Å². The summed E-state index contributed by atoms with van der Waals surface area (Å²) < 4.78 is 6.16. The molecule has 0 spiro atoms. The summed E-state index contributed by atoms with van der Waals surface area (Å²) in [5.74, 6) is 0. The molecule has 0 bridgehead atoms. The molecule has 0 saturated carbocycles. The Balaban J connectivity index is 1.18. The highest BCUT2D eigenvalue weighted by Gasteiger charge is 2.16. The van der Waals surface area contributed by atoms with Crippen molar-refractivity contribution in [2.75, 3.05) is 4.90 Å². The zero-order chi connectivity index (χ0) is 30.0. The van der Waals surface area contributed by atoms with Crippen molar-refractivity contribution in [2.45, 2.75) is 6.42 Å². The van der Waals surface area contributed by atoms with Gasteiger partial charge in [-0.15, -0.1) is 0 Å². The zero-order valence-electron chi connectivity index (χ0n) is 24.8. The summed E-state index contributed by atoms with van der Waals surface area (Å²) in [5, 5.41) is 2.24. The Kier molecular flexibility index (Phi) is 6.94. The first-order chi connectivity index (χ1) is 22.3. The van der Waals surface area contributed by atoms with Crippen LogP contribution in [-0.4, -0.2) is 0 Å². The molecule has 1 heterocycles. The van der Waals surface area contributed by atoms with E-state index in [-0.39, 0.29) is 0 Å². The van der Waals surface area contributed by atoms with Crippen LogP contribution in [0.3, 0.4) is 0 Å². The van der Waals surface area contributed by atoms with E-state index in [9.17, 15) is 0 Å². The zero-order valence-corrected chi connectivity index (χ0v) is 24.8. The van der Waals surface area contributed by atoms with Crippen LogP contribution in [0.25, 0.3) is 49.8 Å². The lowest BCUT2D eigenvalue weighted by molar-refractivity contribution is 0.669. The smallest absolute Gasteiger partial charge is 0.135 e. The van der Waals surface area contributed by atoms with Gasteiger partial charge in [0, 0.05) is 27.8 Å². The molecule has 1 aliphatic rings. The number of nitrogens with zero attached hydrogens (tertiary/aromatic N) is 1. The molecule has 1 aliphatic carbocycles. The van der Waals surface area contributed by atoms with E-state index in [1.807, 2.05) is 12.1 Å². The third kappa shape index (κ3) is 5.28. The topological polar surface area (TPSA) is 16.4 Å². The number of hydrogen-bond donors (Lipinski definition) is 0. The molecule has 0 atom stereocenters. The normalized spacial score (nSPS) is 12.8. The van der Waals surface area contributed by atoms with Gasteiger partial charge in [0.05, 0.1) is 0 Å². The van der Waals surface area contributed by atoms with E-state index >= 15 is 0 Å². The third-order valence-electron chi connectivity index (χ3n) is 8.53. The summed E-state index contributed by atoms with van der Waals surface area (Å²) in [7, 11) is 0. The van der Waals surface area contributed by atoms with Crippen molar-refractivity contribution >= 4 is 44.6 Å². The van der Waals surface area contributed by atoms with Gasteiger partial charge in [-0.05, 0) is 88.3 Å². The maximum Gasteiger partial charge on any atom is 0.135 e. The van der Waals surface area contributed by atoms with Crippen LogP contribution in [0.4, 0.5) is 17.1 Å². The van der Waals surface area contributed by atoms with Crippen LogP contribution in [0, 0.1) is 0 Å². The summed E-state index contributed by atoms with van der Waals surface area (Å²) >= 11 is 0. The fourth-order valence-corrected chi connectivity index (χ4v) is 6.19. The van der Waals surface area contributed by atoms with E-state index in [1.54, 1.807) is 0 Å². The number of allylic oxidation sites excluding steroid dienone is 6. The van der Waals surface area contributed by atoms with Crippen LogP contribution in [0.15, 0.2) is 180 Å². The average Bonchev–Trinajstić information content (AvgIpc) is 3.26. The van der Waals surface area contributed by atoms with Gasteiger partial charge in [0.25, 0.3) is 0 Å². The van der Waals surface area contributed by atoms with Crippen LogP contribution < -0.4 is 4.90 Å². The summed E-state index contributed by atoms with van der Waals surface area (Å²) in [6.07, 6.45) is 11.8. The van der Waals surface area contributed by atoms with Crippen LogP contribution in [0.5, 0.6) is 0 Å². The third-order valence-corrected chi connectivity index (χ3v) is 8.53. The second-order valence-electron chi connectivity index (χ2n) is 11.3. The lowest BCUT2D eigenvalue weighted by Crippen LogP contribution is -2.09. The van der Waals surface area contributed by atoms with Crippen molar-refractivity contribution in [3.63, 3.8) is 0 Å². The van der Waals surface area contributed by atoms with Gasteiger partial charge in [0.1, 0.15) is 11.2 Å². The Morgan fingerprint density at radius 2 is 1.00 bits per heavy atom. The lowest BCUT2D eigenvalue weighted by atomic mass is 10.00. The quantitative estimate of drug-likeness (QED) is 0.195. The van der Waals surface area contributed by atoms with Crippen LogP contribution in [-0.2, 0) is 0 Å². The van der Waals surface area contributed by atoms with E-state index in [2.05, 4.69) is 169 Å². The van der Waals surface area contributed by atoms with Crippen molar-refractivity contribution < 1.29 is 4.42 Å². The largest absolute Gasteiger partial charge is 0.456 e. The van der Waals surface area contributed by atoms with Gasteiger partial charge in [-0.2, -0.15) is 0 Å². The van der Waals surface area contributed by atoms with Crippen molar-refractivity contribution in [1.29, 1.82) is 0 Å². The van der Waals surface area contributed by atoms with Gasteiger partial charge in [-0.1, -0.05) is 127 Å². The second kappa shape index (κ2) is 11.7. The molecule has 8 rings (SSSR count). The maximum atomic E-state index is 6.16. The first-order valence-corrected chi connectivity index (χ1v) is 15.4. The van der Waals surface area contributed by atoms with Gasteiger partial charge in [-0.25, -0.2) is 0 Å². The molecule has 7 aromatic rings. The van der Waals surface area contributed by atoms with Crippen molar-refractivity contribution in [3.8, 4) is 22.3 Å². The summed E-state index contributed by atoms with van der Waals surface area (Å²) in [4.78, 5) is 2.33. The first-order valence-electron chi connectivity index (χ1n) is 15.4. The van der Waals surface area contributed by atoms with Crippen LogP contribution in [0.2, 0.25) is 0 Å². The Morgan fingerprint density at radius 1 is 0.444 bits per heavy atom. The molecular formula is C43H31NO. The lowest BCUT2D eigenvalue weighted by Gasteiger charge is -2.26. The Labute approximate surface area is 263 Å². The number of anilines is 3. The van der Waals surface area contributed by atoms with E-state index in [0.717, 1.165) is 45.4 Å². The summed E-state index contributed by atoms with van der Waals surface area (Å²) in [6, 6.07) is 51.8. The SMILES string of the molecule is C1=CCC=C(c2ccc(N(c3ccc(-c4ccc(-c5ccccc5)cc4)cc3)c3ccc4oc5ccccc5c4c3)cc2)C=C1. The molecule has 0 aliphatic heterocycles. The molecule has 0 unspecified atom stereocenters. The van der Waals surface area contributed by atoms with Crippen LogP contribution in [0.1, 0.15) is 12.0 Å². The summed E-state index contributed by atoms with van der Waals surface area (Å²) in [5.41, 5.74) is 12.4. The minimum atomic E-state index is 0.894.